The second kappa shape index (κ2) is 6.93. The van der Waals surface area contributed by atoms with E-state index >= 15 is 0 Å². The van der Waals surface area contributed by atoms with E-state index < -0.39 is 11.4 Å². The number of halogens is 1. The van der Waals surface area contributed by atoms with Crippen molar-refractivity contribution < 1.29 is 19.4 Å². The van der Waals surface area contributed by atoms with Gasteiger partial charge >= 0.3 is 5.97 Å². The first-order chi connectivity index (χ1) is 10.0. The predicted octanol–water partition coefficient (Wildman–Crippen LogP) is 2.59. The maximum Gasteiger partial charge on any atom is 0.310 e. The van der Waals surface area contributed by atoms with Crippen molar-refractivity contribution >= 4 is 27.8 Å². The minimum atomic E-state index is -0.866. The van der Waals surface area contributed by atoms with E-state index in [4.69, 9.17) is 9.84 Å². The summed E-state index contributed by atoms with van der Waals surface area (Å²) in [7, 11) is 0. The topological polar surface area (TPSA) is 75.6 Å². The van der Waals surface area contributed by atoms with Crippen LogP contribution in [0.15, 0.2) is 28.7 Å². The van der Waals surface area contributed by atoms with Crippen LogP contribution in [0.4, 0.5) is 0 Å². The fourth-order valence-corrected chi connectivity index (χ4v) is 2.59. The molecule has 0 aromatic heterocycles. The molecule has 0 aliphatic heterocycles. The van der Waals surface area contributed by atoms with E-state index in [-0.39, 0.29) is 12.3 Å². The molecule has 21 heavy (non-hydrogen) atoms. The van der Waals surface area contributed by atoms with Crippen LogP contribution in [0.2, 0.25) is 0 Å². The van der Waals surface area contributed by atoms with Crippen molar-refractivity contribution in [2.24, 2.45) is 5.41 Å². The Morgan fingerprint density at radius 2 is 1.95 bits per heavy atom. The number of rotatable bonds is 7. The third kappa shape index (κ3) is 4.20. The standard InChI is InChI=1S/C15H18BrNO4/c16-11-2-4-12(5-3-11)21-9-8-17-13(18)10-15(14(19)20)6-1-7-15/h2-5H,1,6-10H2,(H,17,18)(H,19,20). The molecular weight excluding hydrogens is 338 g/mol. The van der Waals surface area contributed by atoms with Gasteiger partial charge in [0.15, 0.2) is 0 Å². The highest BCUT2D eigenvalue weighted by molar-refractivity contribution is 9.10. The number of hydrogen-bond donors (Lipinski definition) is 2. The first-order valence-electron chi connectivity index (χ1n) is 6.90. The van der Waals surface area contributed by atoms with Crippen molar-refractivity contribution in [1.29, 1.82) is 0 Å². The molecule has 1 saturated carbocycles. The zero-order valence-corrected chi connectivity index (χ0v) is 13.2. The number of carbonyl (C=O) groups excluding carboxylic acids is 1. The quantitative estimate of drug-likeness (QED) is 0.737. The minimum Gasteiger partial charge on any atom is -0.492 e. The minimum absolute atomic E-state index is 0.0562. The molecule has 1 aliphatic carbocycles. The van der Waals surface area contributed by atoms with E-state index in [0.717, 1.165) is 16.6 Å². The molecule has 1 amide bonds. The smallest absolute Gasteiger partial charge is 0.310 e. The van der Waals surface area contributed by atoms with Crippen LogP contribution < -0.4 is 10.1 Å². The number of aliphatic carboxylic acids is 1. The molecule has 0 radical (unpaired) electrons. The van der Waals surface area contributed by atoms with Crippen LogP contribution in [0.1, 0.15) is 25.7 Å². The lowest BCUT2D eigenvalue weighted by Gasteiger charge is -2.36. The lowest BCUT2D eigenvalue weighted by molar-refractivity contribution is -0.157. The number of carbonyl (C=O) groups is 2. The third-order valence-corrected chi connectivity index (χ3v) is 4.30. The Morgan fingerprint density at radius 3 is 2.48 bits per heavy atom. The molecular formula is C15H18BrNO4. The first kappa shape index (κ1) is 15.8. The normalized spacial score (nSPS) is 15.9. The molecule has 0 saturated heterocycles. The lowest BCUT2D eigenvalue weighted by atomic mass is 9.66. The molecule has 0 atom stereocenters. The van der Waals surface area contributed by atoms with Gasteiger partial charge in [0.1, 0.15) is 12.4 Å². The fourth-order valence-electron chi connectivity index (χ4n) is 2.33. The van der Waals surface area contributed by atoms with Gasteiger partial charge in [-0.25, -0.2) is 0 Å². The van der Waals surface area contributed by atoms with Crippen LogP contribution in [0.3, 0.4) is 0 Å². The largest absolute Gasteiger partial charge is 0.492 e. The van der Waals surface area contributed by atoms with Gasteiger partial charge in [0, 0.05) is 10.9 Å². The zero-order valence-electron chi connectivity index (χ0n) is 11.6. The summed E-state index contributed by atoms with van der Waals surface area (Å²) in [5.41, 5.74) is -0.837. The van der Waals surface area contributed by atoms with Crippen molar-refractivity contribution in [1.82, 2.24) is 5.32 Å². The van der Waals surface area contributed by atoms with Gasteiger partial charge in [0.2, 0.25) is 5.91 Å². The Bertz CT molecular complexity index is 511. The molecule has 0 spiro atoms. The first-order valence-corrected chi connectivity index (χ1v) is 7.70. The van der Waals surface area contributed by atoms with E-state index in [2.05, 4.69) is 21.2 Å². The number of amides is 1. The fraction of sp³-hybridized carbons (Fsp3) is 0.467. The average Bonchev–Trinajstić information content (AvgIpc) is 2.40. The molecule has 114 valence electrons. The third-order valence-electron chi connectivity index (χ3n) is 3.77. The van der Waals surface area contributed by atoms with E-state index in [9.17, 15) is 9.59 Å². The van der Waals surface area contributed by atoms with Gasteiger partial charge in [-0.15, -0.1) is 0 Å². The van der Waals surface area contributed by atoms with Gasteiger partial charge in [-0.05, 0) is 37.1 Å². The Kier molecular flexibility index (Phi) is 5.22. The van der Waals surface area contributed by atoms with Gasteiger partial charge in [0.05, 0.1) is 12.0 Å². The number of nitrogens with one attached hydrogen (secondary N) is 1. The molecule has 1 aromatic rings. The highest BCUT2D eigenvalue weighted by atomic mass is 79.9. The van der Waals surface area contributed by atoms with E-state index in [1.165, 1.54) is 0 Å². The molecule has 2 rings (SSSR count). The van der Waals surface area contributed by atoms with Crippen molar-refractivity contribution in [3.63, 3.8) is 0 Å². The van der Waals surface area contributed by atoms with E-state index in [1.54, 1.807) is 0 Å². The lowest BCUT2D eigenvalue weighted by Crippen LogP contribution is -2.43. The average molecular weight is 356 g/mol. The summed E-state index contributed by atoms with van der Waals surface area (Å²) in [6.45, 7) is 0.720. The summed E-state index contributed by atoms with van der Waals surface area (Å²) in [4.78, 5) is 22.9. The maximum atomic E-state index is 11.8. The van der Waals surface area contributed by atoms with Crippen LogP contribution in [0, 0.1) is 5.41 Å². The summed E-state index contributed by atoms with van der Waals surface area (Å²) in [5, 5.41) is 11.9. The second-order valence-corrected chi connectivity index (χ2v) is 6.18. The van der Waals surface area contributed by atoms with Crippen LogP contribution >= 0.6 is 15.9 Å². The molecule has 0 unspecified atom stereocenters. The monoisotopic (exact) mass is 355 g/mol. The number of carboxylic acids is 1. The molecule has 6 heteroatoms. The van der Waals surface area contributed by atoms with Gasteiger partial charge < -0.3 is 15.2 Å². The Labute approximate surface area is 131 Å². The van der Waals surface area contributed by atoms with Crippen molar-refractivity contribution in [3.05, 3.63) is 28.7 Å². The number of ether oxygens (including phenoxy) is 1. The summed E-state index contributed by atoms with van der Waals surface area (Å²) in [5.74, 6) is -0.361. The van der Waals surface area contributed by atoms with Crippen molar-refractivity contribution in [2.75, 3.05) is 13.2 Å². The Hall–Kier alpha value is -1.56. The molecule has 1 fully saturated rings. The van der Waals surface area contributed by atoms with Crippen molar-refractivity contribution in [2.45, 2.75) is 25.7 Å². The second-order valence-electron chi connectivity index (χ2n) is 5.27. The highest BCUT2D eigenvalue weighted by Gasteiger charge is 2.45. The van der Waals surface area contributed by atoms with Crippen LogP contribution in [0.5, 0.6) is 5.75 Å². The highest BCUT2D eigenvalue weighted by Crippen LogP contribution is 2.44. The van der Waals surface area contributed by atoms with Crippen LogP contribution in [-0.4, -0.2) is 30.1 Å². The van der Waals surface area contributed by atoms with Gasteiger partial charge in [-0.3, -0.25) is 9.59 Å². The van der Waals surface area contributed by atoms with Crippen molar-refractivity contribution in [3.8, 4) is 5.75 Å². The maximum absolute atomic E-state index is 11.8. The Morgan fingerprint density at radius 1 is 1.29 bits per heavy atom. The molecule has 0 heterocycles. The number of benzene rings is 1. The molecule has 1 aliphatic rings. The summed E-state index contributed by atoms with van der Waals surface area (Å²) >= 11 is 3.34. The Balaban J connectivity index is 1.67. The summed E-state index contributed by atoms with van der Waals surface area (Å²) < 4.78 is 6.45. The van der Waals surface area contributed by atoms with E-state index in [0.29, 0.717) is 26.0 Å². The zero-order chi connectivity index (χ0) is 15.3. The van der Waals surface area contributed by atoms with Gasteiger partial charge in [-0.1, -0.05) is 22.4 Å². The summed E-state index contributed by atoms with van der Waals surface area (Å²) in [6, 6.07) is 7.42. The van der Waals surface area contributed by atoms with Crippen LogP contribution in [0.25, 0.3) is 0 Å². The molecule has 0 bridgehead atoms. The van der Waals surface area contributed by atoms with Gasteiger partial charge in [0.25, 0.3) is 0 Å². The molecule has 1 aromatic carbocycles. The molecule has 5 nitrogen and oxygen atoms in total. The summed E-state index contributed by atoms with van der Waals surface area (Å²) in [6.07, 6.45) is 2.11. The predicted molar refractivity (Wildman–Crippen MR) is 81.2 cm³/mol. The van der Waals surface area contributed by atoms with Crippen LogP contribution in [-0.2, 0) is 9.59 Å². The number of carboxylic acid groups (broad SMARTS) is 1. The molecule has 2 N–H and O–H groups in total. The van der Waals surface area contributed by atoms with Gasteiger partial charge in [-0.2, -0.15) is 0 Å². The number of hydrogen-bond acceptors (Lipinski definition) is 3. The van der Waals surface area contributed by atoms with E-state index in [1.807, 2.05) is 24.3 Å². The SMILES string of the molecule is O=C(CC1(C(=O)O)CCC1)NCCOc1ccc(Br)cc1.